The highest BCUT2D eigenvalue weighted by Crippen LogP contribution is 2.60. The summed E-state index contributed by atoms with van der Waals surface area (Å²) in [5.74, 6) is 4.64. The third-order valence-corrected chi connectivity index (χ3v) is 8.01. The van der Waals surface area contributed by atoms with Crippen LogP contribution in [0.4, 0.5) is 5.69 Å². The number of aryl methyl sites for hydroxylation is 1. The van der Waals surface area contributed by atoms with Crippen LogP contribution in [0, 0.1) is 23.2 Å². The summed E-state index contributed by atoms with van der Waals surface area (Å²) in [6.07, 6.45) is 12.0. The van der Waals surface area contributed by atoms with Crippen LogP contribution in [0.15, 0.2) is 24.3 Å². The van der Waals surface area contributed by atoms with E-state index in [9.17, 15) is 4.79 Å². The fourth-order valence-electron chi connectivity index (χ4n) is 7.09. The molecule has 152 valence electrons. The van der Waals surface area contributed by atoms with Crippen LogP contribution in [0.5, 0.6) is 0 Å². The SMILES string of the molecule is O=C(Nc1cccc(-c2nnc3n2CCCCC3)c1)C12CC3CC(CC(C3)C1)C2. The monoisotopic (exact) mass is 390 g/mol. The van der Waals surface area contributed by atoms with Crippen LogP contribution in [-0.4, -0.2) is 20.7 Å². The zero-order chi connectivity index (χ0) is 19.4. The van der Waals surface area contributed by atoms with Gasteiger partial charge in [0.2, 0.25) is 5.91 Å². The molecule has 0 atom stereocenters. The van der Waals surface area contributed by atoms with Gasteiger partial charge in [0, 0.05) is 24.2 Å². The van der Waals surface area contributed by atoms with Crippen molar-refractivity contribution >= 4 is 11.6 Å². The van der Waals surface area contributed by atoms with Crippen molar-refractivity contribution in [2.45, 2.75) is 70.8 Å². The first kappa shape index (κ1) is 17.7. The van der Waals surface area contributed by atoms with E-state index >= 15 is 0 Å². The highest BCUT2D eigenvalue weighted by Gasteiger charge is 2.54. The summed E-state index contributed by atoms with van der Waals surface area (Å²) in [6, 6.07) is 8.22. The Morgan fingerprint density at radius 2 is 1.76 bits per heavy atom. The van der Waals surface area contributed by atoms with E-state index in [1.807, 2.05) is 12.1 Å². The average molecular weight is 391 g/mol. The van der Waals surface area contributed by atoms with Gasteiger partial charge in [0.15, 0.2) is 5.82 Å². The van der Waals surface area contributed by atoms with E-state index in [2.05, 4.69) is 32.2 Å². The van der Waals surface area contributed by atoms with E-state index in [-0.39, 0.29) is 11.3 Å². The molecule has 0 saturated heterocycles. The van der Waals surface area contributed by atoms with Gasteiger partial charge in [0.1, 0.15) is 5.82 Å². The van der Waals surface area contributed by atoms with E-state index < -0.39 is 0 Å². The van der Waals surface area contributed by atoms with E-state index in [1.54, 1.807) is 0 Å². The van der Waals surface area contributed by atoms with Crippen LogP contribution in [0.1, 0.15) is 63.6 Å². The predicted octanol–water partition coefficient (Wildman–Crippen LogP) is 4.83. The minimum atomic E-state index is -0.114. The summed E-state index contributed by atoms with van der Waals surface area (Å²) in [5, 5.41) is 12.2. The maximum atomic E-state index is 13.4. The summed E-state index contributed by atoms with van der Waals surface area (Å²) in [6.45, 7) is 0.988. The lowest BCUT2D eigenvalue weighted by atomic mass is 9.49. The molecule has 29 heavy (non-hydrogen) atoms. The molecular formula is C24H30N4O. The Bertz CT molecular complexity index is 911. The molecule has 4 bridgehead atoms. The molecule has 5 nitrogen and oxygen atoms in total. The van der Waals surface area contributed by atoms with Gasteiger partial charge in [0.25, 0.3) is 0 Å². The Kier molecular flexibility index (Phi) is 4.07. The first-order valence-corrected chi connectivity index (χ1v) is 11.5. The zero-order valence-corrected chi connectivity index (χ0v) is 17.1. The number of nitrogens with zero attached hydrogens (tertiary/aromatic N) is 3. The van der Waals surface area contributed by atoms with Crippen LogP contribution < -0.4 is 5.32 Å². The van der Waals surface area contributed by atoms with Crippen LogP contribution in [0.3, 0.4) is 0 Å². The number of rotatable bonds is 3. The minimum absolute atomic E-state index is 0.114. The largest absolute Gasteiger partial charge is 0.326 e. The molecule has 1 aromatic heterocycles. The Morgan fingerprint density at radius 1 is 1.00 bits per heavy atom. The maximum Gasteiger partial charge on any atom is 0.230 e. The maximum absolute atomic E-state index is 13.4. The number of carbonyl (C=O) groups is 1. The third-order valence-electron chi connectivity index (χ3n) is 8.01. The van der Waals surface area contributed by atoms with Crippen LogP contribution in [0.25, 0.3) is 11.4 Å². The Labute approximate surface area is 172 Å². The molecule has 5 heteroatoms. The molecular weight excluding hydrogens is 360 g/mol. The number of anilines is 1. The van der Waals surface area contributed by atoms with Gasteiger partial charge in [-0.2, -0.15) is 0 Å². The second-order valence-corrected chi connectivity index (χ2v) is 10.1. The number of carbonyl (C=O) groups excluding carboxylic acids is 1. The van der Waals surface area contributed by atoms with Gasteiger partial charge in [-0.25, -0.2) is 0 Å². The molecule has 4 saturated carbocycles. The van der Waals surface area contributed by atoms with E-state index in [1.165, 1.54) is 38.5 Å². The number of benzene rings is 1. The number of hydrogen-bond acceptors (Lipinski definition) is 3. The average Bonchev–Trinajstić information content (AvgIpc) is 2.95. The molecule has 7 rings (SSSR count). The van der Waals surface area contributed by atoms with E-state index in [4.69, 9.17) is 0 Å². The van der Waals surface area contributed by atoms with Crippen molar-refractivity contribution in [3.05, 3.63) is 30.1 Å². The van der Waals surface area contributed by atoms with Gasteiger partial charge in [-0.1, -0.05) is 18.6 Å². The molecule has 2 heterocycles. The second kappa shape index (κ2) is 6.68. The summed E-state index contributed by atoms with van der Waals surface area (Å²) in [4.78, 5) is 13.4. The molecule has 1 amide bonds. The summed E-state index contributed by atoms with van der Waals surface area (Å²) in [7, 11) is 0. The van der Waals surface area contributed by atoms with Gasteiger partial charge in [-0.05, 0) is 81.3 Å². The highest BCUT2D eigenvalue weighted by atomic mass is 16.2. The topological polar surface area (TPSA) is 59.8 Å². The highest BCUT2D eigenvalue weighted by molar-refractivity contribution is 5.96. The lowest BCUT2D eigenvalue weighted by Gasteiger charge is -2.55. The second-order valence-electron chi connectivity index (χ2n) is 10.1. The van der Waals surface area contributed by atoms with Gasteiger partial charge < -0.3 is 9.88 Å². The predicted molar refractivity (Wildman–Crippen MR) is 112 cm³/mol. The molecule has 1 aromatic carbocycles. The van der Waals surface area contributed by atoms with Gasteiger partial charge in [0.05, 0.1) is 5.41 Å². The number of fused-ring (bicyclic) bond motifs is 1. The van der Waals surface area contributed by atoms with Crippen molar-refractivity contribution in [2.24, 2.45) is 23.2 Å². The van der Waals surface area contributed by atoms with Crippen LogP contribution >= 0.6 is 0 Å². The quantitative estimate of drug-likeness (QED) is 0.817. The van der Waals surface area contributed by atoms with Gasteiger partial charge >= 0.3 is 0 Å². The fraction of sp³-hybridized carbons (Fsp3) is 0.625. The number of nitrogens with one attached hydrogen (secondary N) is 1. The van der Waals surface area contributed by atoms with Crippen molar-refractivity contribution in [3.63, 3.8) is 0 Å². The Hall–Kier alpha value is -2.17. The van der Waals surface area contributed by atoms with Crippen molar-refractivity contribution in [3.8, 4) is 11.4 Å². The molecule has 5 aliphatic rings. The summed E-state index contributed by atoms with van der Waals surface area (Å²) >= 11 is 0. The van der Waals surface area contributed by atoms with Gasteiger partial charge in [-0.15, -0.1) is 10.2 Å². The van der Waals surface area contributed by atoms with Crippen LogP contribution in [-0.2, 0) is 17.8 Å². The van der Waals surface area contributed by atoms with Gasteiger partial charge in [-0.3, -0.25) is 4.79 Å². The molecule has 4 fully saturated rings. The summed E-state index contributed by atoms with van der Waals surface area (Å²) < 4.78 is 2.27. The molecule has 2 aromatic rings. The number of aromatic nitrogens is 3. The number of amides is 1. The minimum Gasteiger partial charge on any atom is -0.326 e. The first-order chi connectivity index (χ1) is 14.2. The third kappa shape index (κ3) is 3.01. The molecule has 1 N–H and O–H groups in total. The van der Waals surface area contributed by atoms with E-state index in [0.29, 0.717) is 0 Å². The zero-order valence-electron chi connectivity index (χ0n) is 17.1. The van der Waals surface area contributed by atoms with Crippen LogP contribution in [0.2, 0.25) is 0 Å². The van der Waals surface area contributed by atoms with Crippen molar-refractivity contribution in [1.29, 1.82) is 0 Å². The first-order valence-electron chi connectivity index (χ1n) is 11.5. The molecule has 0 radical (unpaired) electrons. The van der Waals surface area contributed by atoms with Crippen molar-refractivity contribution in [2.75, 3.05) is 5.32 Å². The fourth-order valence-corrected chi connectivity index (χ4v) is 7.09. The molecule has 1 aliphatic heterocycles. The standard InChI is InChI=1S/C24H30N4O/c29-23(24-13-16-9-17(14-24)11-18(10-16)15-24)25-20-6-4-5-19(12-20)22-27-26-21-7-2-1-3-8-28(21)22/h4-6,12,16-18H,1-3,7-11,13-15H2,(H,25,29). The lowest BCUT2D eigenvalue weighted by Crippen LogP contribution is -2.51. The molecule has 0 spiro atoms. The number of hydrogen-bond donors (Lipinski definition) is 1. The Morgan fingerprint density at radius 3 is 2.52 bits per heavy atom. The van der Waals surface area contributed by atoms with E-state index in [0.717, 1.165) is 72.9 Å². The summed E-state index contributed by atoms with van der Waals surface area (Å²) in [5.41, 5.74) is 1.83. The normalized spacial score (nSPS) is 32.6. The van der Waals surface area contributed by atoms with Crippen molar-refractivity contribution < 1.29 is 4.79 Å². The Balaban J connectivity index is 1.25. The molecule has 0 unspecified atom stereocenters. The van der Waals surface area contributed by atoms with Crippen molar-refractivity contribution in [1.82, 2.24) is 14.8 Å². The smallest absolute Gasteiger partial charge is 0.230 e. The lowest BCUT2D eigenvalue weighted by molar-refractivity contribution is -0.140. The molecule has 4 aliphatic carbocycles.